The SMILES string of the molecule is C1CCN([Se][Se][Se][Se]N2CCCCC2)CC1. The minimum absolute atomic E-state index is 0.908. The van der Waals surface area contributed by atoms with Crippen molar-refractivity contribution in [1.29, 1.82) is 0 Å². The summed E-state index contributed by atoms with van der Waals surface area (Å²) in [5.74, 6) is 0. The second-order valence-electron chi connectivity index (χ2n) is 4.26. The molecule has 0 radical (unpaired) electrons. The predicted octanol–water partition coefficient (Wildman–Crippen LogP) is 0.350. The van der Waals surface area contributed by atoms with Crippen LogP contribution in [0.5, 0.6) is 0 Å². The first kappa shape index (κ1) is 14.4. The standard InChI is InChI=1S/C10H20N2Se4/c1-3-7-11(8-4-1)13-15-16-14-12-9-5-2-6-10-12/h1-10H2. The second kappa shape index (κ2) is 8.99. The molecule has 0 unspecified atom stereocenters. The summed E-state index contributed by atoms with van der Waals surface area (Å²) < 4.78 is 5.56. The van der Waals surface area contributed by atoms with Gasteiger partial charge in [-0.3, -0.25) is 0 Å². The molecule has 0 N–H and O–H groups in total. The first-order valence-corrected chi connectivity index (χ1v) is 20.7. The van der Waals surface area contributed by atoms with Crippen LogP contribution in [0.15, 0.2) is 0 Å². The monoisotopic (exact) mass is 488 g/mol. The van der Waals surface area contributed by atoms with Crippen molar-refractivity contribution >= 4 is 49.3 Å². The molecule has 0 aromatic rings. The van der Waals surface area contributed by atoms with Crippen molar-refractivity contribution in [3.8, 4) is 0 Å². The van der Waals surface area contributed by atoms with Crippen molar-refractivity contribution in [3.63, 3.8) is 0 Å². The molecule has 2 fully saturated rings. The Morgan fingerprint density at radius 1 is 0.500 bits per heavy atom. The van der Waals surface area contributed by atoms with Crippen LogP contribution in [0, 0.1) is 0 Å². The van der Waals surface area contributed by atoms with Crippen molar-refractivity contribution < 1.29 is 0 Å². The number of nitrogens with zero attached hydrogens (tertiary/aromatic N) is 2. The summed E-state index contributed by atoms with van der Waals surface area (Å²) in [5, 5.41) is 0. The fraction of sp³-hybridized carbons (Fsp3) is 1.00. The Morgan fingerprint density at radius 3 is 1.25 bits per heavy atom. The molecule has 0 amide bonds. The van der Waals surface area contributed by atoms with E-state index in [1.807, 2.05) is 0 Å². The number of piperidine rings is 2. The van der Waals surface area contributed by atoms with Crippen LogP contribution in [0.3, 0.4) is 0 Å². The van der Waals surface area contributed by atoms with E-state index in [0.717, 1.165) is 49.3 Å². The molecular weight excluding hydrogens is 464 g/mol. The molecule has 0 aromatic carbocycles. The van der Waals surface area contributed by atoms with Crippen LogP contribution >= 0.6 is 0 Å². The fourth-order valence-corrected chi connectivity index (χ4v) is 37.0. The summed E-state index contributed by atoms with van der Waals surface area (Å²) in [4.78, 5) is 0. The van der Waals surface area contributed by atoms with Gasteiger partial charge in [0, 0.05) is 0 Å². The van der Waals surface area contributed by atoms with Crippen molar-refractivity contribution in [2.24, 2.45) is 0 Å². The first-order valence-electron chi connectivity index (χ1n) is 6.13. The molecule has 0 saturated carbocycles. The van der Waals surface area contributed by atoms with E-state index in [1.54, 1.807) is 0 Å². The van der Waals surface area contributed by atoms with Crippen LogP contribution in [-0.2, 0) is 0 Å². The van der Waals surface area contributed by atoms with Crippen molar-refractivity contribution in [1.82, 2.24) is 7.83 Å². The Bertz CT molecular complexity index is 162. The second-order valence-corrected chi connectivity index (χ2v) is 29.3. The predicted molar refractivity (Wildman–Crippen MR) is 73.9 cm³/mol. The van der Waals surface area contributed by atoms with Gasteiger partial charge in [-0.05, 0) is 0 Å². The maximum atomic E-state index is 2.78. The van der Waals surface area contributed by atoms with Crippen LogP contribution in [0.25, 0.3) is 0 Å². The van der Waals surface area contributed by atoms with Crippen LogP contribution in [0.1, 0.15) is 38.5 Å². The Kier molecular flexibility index (Phi) is 8.10. The van der Waals surface area contributed by atoms with Gasteiger partial charge in [0.2, 0.25) is 0 Å². The first-order chi connectivity index (χ1) is 7.95. The van der Waals surface area contributed by atoms with Gasteiger partial charge in [0.25, 0.3) is 0 Å². The van der Waals surface area contributed by atoms with Gasteiger partial charge in [0.15, 0.2) is 0 Å². The molecule has 2 aliphatic rings. The Balaban J connectivity index is 1.47. The van der Waals surface area contributed by atoms with E-state index in [1.165, 1.54) is 64.7 Å². The van der Waals surface area contributed by atoms with Gasteiger partial charge in [-0.25, -0.2) is 0 Å². The Morgan fingerprint density at radius 2 is 0.875 bits per heavy atom. The zero-order valence-corrected chi connectivity index (χ0v) is 16.5. The molecule has 2 nitrogen and oxygen atoms in total. The number of rotatable bonds is 5. The van der Waals surface area contributed by atoms with Gasteiger partial charge in [0.05, 0.1) is 0 Å². The molecule has 0 atom stereocenters. The average molecular weight is 484 g/mol. The molecule has 6 heteroatoms. The Hall–Kier alpha value is 2.00. The molecule has 0 aromatic heterocycles. The molecule has 2 heterocycles. The summed E-state index contributed by atoms with van der Waals surface area (Å²) >= 11 is 3.86. The summed E-state index contributed by atoms with van der Waals surface area (Å²) in [6, 6.07) is 0. The van der Waals surface area contributed by atoms with Gasteiger partial charge in [-0.1, -0.05) is 0 Å². The molecule has 0 spiro atoms. The van der Waals surface area contributed by atoms with E-state index in [-0.39, 0.29) is 0 Å². The van der Waals surface area contributed by atoms with Gasteiger partial charge in [-0.2, -0.15) is 0 Å². The summed E-state index contributed by atoms with van der Waals surface area (Å²) in [5.41, 5.74) is 0. The number of hydrogen-bond donors (Lipinski definition) is 0. The third-order valence-electron chi connectivity index (χ3n) is 2.93. The molecule has 0 bridgehead atoms. The molecule has 2 aliphatic heterocycles. The third kappa shape index (κ3) is 5.76. The zero-order chi connectivity index (χ0) is 11.1. The molecule has 2 rings (SSSR count). The van der Waals surface area contributed by atoms with Crippen LogP contribution < -0.4 is 0 Å². The quantitative estimate of drug-likeness (QED) is 0.411. The Labute approximate surface area is 121 Å². The summed E-state index contributed by atoms with van der Waals surface area (Å²) in [6.45, 7) is 5.70. The van der Waals surface area contributed by atoms with Crippen molar-refractivity contribution in [2.75, 3.05) is 26.2 Å². The van der Waals surface area contributed by atoms with Gasteiger partial charge in [-0.15, -0.1) is 0 Å². The van der Waals surface area contributed by atoms with Gasteiger partial charge in [0.1, 0.15) is 0 Å². The molecule has 0 aliphatic carbocycles. The van der Waals surface area contributed by atoms with E-state index < -0.39 is 0 Å². The normalized spacial score (nSPS) is 24.8. The third-order valence-corrected chi connectivity index (χ3v) is 38.6. The van der Waals surface area contributed by atoms with E-state index >= 15 is 0 Å². The van der Waals surface area contributed by atoms with E-state index in [9.17, 15) is 0 Å². The van der Waals surface area contributed by atoms with Crippen LogP contribution in [0.4, 0.5) is 0 Å². The molecule has 2 saturated heterocycles. The van der Waals surface area contributed by atoms with Crippen LogP contribution in [-0.4, -0.2) is 83.3 Å². The van der Waals surface area contributed by atoms with Crippen LogP contribution in [0.2, 0.25) is 0 Å². The summed E-state index contributed by atoms with van der Waals surface area (Å²) in [6.07, 6.45) is 8.87. The van der Waals surface area contributed by atoms with E-state index in [4.69, 9.17) is 0 Å². The van der Waals surface area contributed by atoms with Crippen molar-refractivity contribution in [2.45, 2.75) is 38.5 Å². The average Bonchev–Trinajstić information content (AvgIpc) is 2.37. The minimum atomic E-state index is 0.908. The van der Waals surface area contributed by atoms with E-state index in [0.29, 0.717) is 0 Å². The van der Waals surface area contributed by atoms with Gasteiger partial charge < -0.3 is 0 Å². The summed E-state index contributed by atoms with van der Waals surface area (Å²) in [7, 11) is 0. The van der Waals surface area contributed by atoms with Gasteiger partial charge >= 0.3 is 122 Å². The fourth-order valence-electron chi connectivity index (χ4n) is 1.99. The molecular formula is C10H20N2Se4. The number of hydrogen-bond acceptors (Lipinski definition) is 2. The maximum absolute atomic E-state index is 2.78. The van der Waals surface area contributed by atoms with E-state index in [2.05, 4.69) is 7.83 Å². The zero-order valence-electron chi connectivity index (χ0n) is 9.60. The topological polar surface area (TPSA) is 6.48 Å². The molecule has 94 valence electrons. The molecule has 16 heavy (non-hydrogen) atoms. The van der Waals surface area contributed by atoms with Crippen molar-refractivity contribution in [3.05, 3.63) is 0 Å².